The van der Waals surface area contributed by atoms with Gasteiger partial charge in [-0.15, -0.1) is 0 Å². The summed E-state index contributed by atoms with van der Waals surface area (Å²) in [4.78, 5) is 27.5. The van der Waals surface area contributed by atoms with Crippen LogP contribution in [0.1, 0.15) is 24.8 Å². The van der Waals surface area contributed by atoms with E-state index in [9.17, 15) is 4.79 Å². The summed E-state index contributed by atoms with van der Waals surface area (Å²) in [6.07, 6.45) is 4.22. The van der Waals surface area contributed by atoms with Crippen molar-refractivity contribution in [2.45, 2.75) is 42.5 Å². The highest BCUT2D eigenvalue weighted by Gasteiger charge is 2.24. The Balaban J connectivity index is 1.06. The molecular weight excluding hydrogens is 584 g/mol. The lowest BCUT2D eigenvalue weighted by molar-refractivity contribution is 0.0811. The van der Waals surface area contributed by atoms with Gasteiger partial charge in [0, 0.05) is 29.0 Å². The van der Waals surface area contributed by atoms with Crippen molar-refractivity contribution < 1.29 is 19.0 Å². The molecule has 2 aromatic carbocycles. The van der Waals surface area contributed by atoms with Crippen LogP contribution in [0.2, 0.25) is 0 Å². The monoisotopic (exact) mass is 610 g/mol. The molecule has 4 aromatic rings. The molecule has 0 spiro atoms. The molecule has 2 N–H and O–H groups in total. The average molecular weight is 612 g/mol. The number of aromatic nitrogens is 4. The number of fused-ring (bicyclic) bond motifs is 2. The van der Waals surface area contributed by atoms with Crippen molar-refractivity contribution in [3.8, 4) is 11.5 Å². The zero-order valence-corrected chi connectivity index (χ0v) is 23.5. The van der Waals surface area contributed by atoms with Gasteiger partial charge >= 0.3 is 6.09 Å². The fourth-order valence-electron chi connectivity index (χ4n) is 4.79. The molecule has 2 aliphatic rings. The first-order valence-corrected chi connectivity index (χ1v) is 14.4. The number of carbonyl (C=O) groups is 1. The van der Waals surface area contributed by atoms with Crippen molar-refractivity contribution >= 4 is 44.9 Å². The molecule has 1 amide bonds. The lowest BCUT2D eigenvalue weighted by Gasteiger charge is -2.31. The number of carbonyl (C=O) groups excluding carboxylic acids is 1. The minimum absolute atomic E-state index is 0.160. The highest BCUT2D eigenvalue weighted by atomic mass is 79.9. The maximum atomic E-state index is 12.5. The number of H-pyrrole nitrogens is 1. The number of ether oxygens (including phenoxy) is 3. The van der Waals surface area contributed by atoms with Gasteiger partial charge in [0.05, 0.1) is 6.33 Å². The third kappa shape index (κ3) is 5.76. The maximum Gasteiger partial charge on any atom is 0.410 e. The Morgan fingerprint density at radius 3 is 2.74 bits per heavy atom. The van der Waals surface area contributed by atoms with Gasteiger partial charge in [0.25, 0.3) is 0 Å². The summed E-state index contributed by atoms with van der Waals surface area (Å²) in [7, 11) is 0. The summed E-state index contributed by atoms with van der Waals surface area (Å²) < 4.78 is 19.3. The molecule has 10 nitrogen and oxygen atoms in total. The molecule has 12 heteroatoms. The third-order valence-corrected chi connectivity index (χ3v) is 8.85. The Morgan fingerprint density at radius 1 is 1.18 bits per heavy atom. The number of halogens is 1. The van der Waals surface area contributed by atoms with E-state index >= 15 is 0 Å². The second kappa shape index (κ2) is 11.3. The summed E-state index contributed by atoms with van der Waals surface area (Å²) in [5, 5.41) is 8.94. The van der Waals surface area contributed by atoms with Crippen LogP contribution in [0.15, 0.2) is 63.3 Å². The molecule has 4 heterocycles. The molecule has 0 saturated carbocycles. The van der Waals surface area contributed by atoms with Crippen LogP contribution in [0, 0.1) is 11.3 Å². The second-order valence-corrected chi connectivity index (χ2v) is 11.4. The number of piperidine rings is 1. The fraction of sp³-hybridized carbons (Fsp3) is 0.333. The van der Waals surface area contributed by atoms with Crippen LogP contribution in [-0.2, 0) is 17.9 Å². The number of benzene rings is 2. The minimum atomic E-state index is -0.251. The van der Waals surface area contributed by atoms with E-state index in [1.807, 2.05) is 47.0 Å². The zero-order valence-electron chi connectivity index (χ0n) is 21.1. The lowest BCUT2D eigenvalue weighted by Crippen LogP contribution is -2.39. The van der Waals surface area contributed by atoms with Gasteiger partial charge in [0.2, 0.25) is 6.79 Å². The molecule has 0 radical (unpaired) electrons. The van der Waals surface area contributed by atoms with E-state index in [0.717, 1.165) is 40.7 Å². The van der Waals surface area contributed by atoms with Crippen LogP contribution in [0.3, 0.4) is 0 Å². The molecule has 1 fully saturated rings. The Hall–Kier alpha value is -3.51. The third-order valence-electron chi connectivity index (χ3n) is 6.99. The van der Waals surface area contributed by atoms with Crippen molar-refractivity contribution in [2.75, 3.05) is 19.9 Å². The molecule has 39 heavy (non-hydrogen) atoms. The molecule has 2 aromatic heterocycles. The Kier molecular flexibility index (Phi) is 7.47. The van der Waals surface area contributed by atoms with Gasteiger partial charge in [-0.05, 0) is 58.8 Å². The van der Waals surface area contributed by atoms with Crippen LogP contribution in [0.4, 0.5) is 4.79 Å². The van der Waals surface area contributed by atoms with Gasteiger partial charge in [0.1, 0.15) is 12.1 Å². The topological polar surface area (TPSA) is 118 Å². The molecule has 0 atom stereocenters. The molecular formula is C27H27BrN6O4S. The number of imidazole rings is 1. The van der Waals surface area contributed by atoms with Gasteiger partial charge in [0.15, 0.2) is 27.8 Å². The van der Waals surface area contributed by atoms with E-state index in [0.29, 0.717) is 53.4 Å². The fourth-order valence-corrected chi connectivity index (χ4v) is 6.17. The summed E-state index contributed by atoms with van der Waals surface area (Å²) in [5.41, 5.74) is 2.46. The second-order valence-electron chi connectivity index (χ2n) is 9.52. The Bertz CT molecular complexity index is 1550. The predicted molar refractivity (Wildman–Crippen MR) is 148 cm³/mol. The molecule has 1 saturated heterocycles. The van der Waals surface area contributed by atoms with Gasteiger partial charge < -0.3 is 28.7 Å². The van der Waals surface area contributed by atoms with Crippen molar-refractivity contribution in [3.63, 3.8) is 0 Å². The van der Waals surface area contributed by atoms with E-state index < -0.39 is 0 Å². The number of nitrogens with one attached hydrogen (secondary N) is 2. The van der Waals surface area contributed by atoms with Gasteiger partial charge in [-0.1, -0.05) is 42.1 Å². The smallest absolute Gasteiger partial charge is 0.410 e. The number of hydrogen-bond acceptors (Lipinski definition) is 8. The highest BCUT2D eigenvalue weighted by Crippen LogP contribution is 2.42. The summed E-state index contributed by atoms with van der Waals surface area (Å²) in [5.74, 6) is 1.89. The Morgan fingerprint density at radius 2 is 1.95 bits per heavy atom. The first-order chi connectivity index (χ1) is 19.0. The SMILES string of the molecule is N=c1ncn(CCC2CCN(C(=O)OCc3ccccc3)CC2)c2nc(Sc3cc4c(cc3Br)OCO4)[nH]c12. The van der Waals surface area contributed by atoms with Crippen LogP contribution in [0.25, 0.3) is 11.2 Å². The largest absolute Gasteiger partial charge is 0.454 e. The first-order valence-electron chi connectivity index (χ1n) is 12.8. The highest BCUT2D eigenvalue weighted by molar-refractivity contribution is 9.10. The van der Waals surface area contributed by atoms with E-state index in [1.54, 1.807) is 11.2 Å². The minimum Gasteiger partial charge on any atom is -0.454 e. The first kappa shape index (κ1) is 25.8. The molecule has 6 rings (SSSR count). The number of likely N-dealkylation sites (tertiary alicyclic amines) is 1. The number of nitrogens with zero attached hydrogens (tertiary/aromatic N) is 4. The lowest BCUT2D eigenvalue weighted by atomic mass is 9.94. The van der Waals surface area contributed by atoms with Gasteiger partial charge in [-0.25, -0.2) is 14.8 Å². The van der Waals surface area contributed by atoms with Crippen LogP contribution in [-0.4, -0.2) is 50.4 Å². The van der Waals surface area contributed by atoms with E-state index in [4.69, 9.17) is 24.6 Å². The maximum absolute atomic E-state index is 12.5. The average Bonchev–Trinajstić information content (AvgIpc) is 3.60. The van der Waals surface area contributed by atoms with Crippen molar-refractivity contribution in [2.24, 2.45) is 5.92 Å². The van der Waals surface area contributed by atoms with Crippen molar-refractivity contribution in [1.82, 2.24) is 24.4 Å². The molecule has 0 bridgehead atoms. The number of rotatable bonds is 7. The number of hydrogen-bond donors (Lipinski definition) is 2. The van der Waals surface area contributed by atoms with E-state index in [2.05, 4.69) is 25.9 Å². The summed E-state index contributed by atoms with van der Waals surface area (Å²) in [6.45, 7) is 2.62. The Labute approximate surface area is 237 Å². The normalized spacial score (nSPS) is 15.2. The van der Waals surface area contributed by atoms with Crippen LogP contribution >= 0.6 is 27.7 Å². The van der Waals surface area contributed by atoms with Crippen LogP contribution < -0.4 is 15.0 Å². The van der Waals surface area contributed by atoms with Crippen LogP contribution in [0.5, 0.6) is 11.5 Å². The molecule has 0 unspecified atom stereocenters. The van der Waals surface area contributed by atoms with Crippen molar-refractivity contribution in [1.29, 1.82) is 5.41 Å². The number of amides is 1. The number of aromatic amines is 1. The molecule has 202 valence electrons. The van der Waals surface area contributed by atoms with Gasteiger partial charge in [-0.3, -0.25) is 5.41 Å². The van der Waals surface area contributed by atoms with Gasteiger partial charge in [-0.2, -0.15) is 0 Å². The standard InChI is InChI=1S/C27H27BrN6O4S/c28-19-12-20-21(38-16-37-20)13-22(19)39-26-31-23-24(29)30-15-34(25(23)32-26)11-8-17-6-9-33(10-7-17)27(35)36-14-18-4-2-1-3-5-18/h1-5,12-13,15,17,29H,6-11,14,16H2,(H,31,32). The van der Waals surface area contributed by atoms with Crippen molar-refractivity contribution in [3.05, 3.63) is 64.3 Å². The quantitative estimate of drug-likeness (QED) is 0.291. The molecule has 2 aliphatic heterocycles. The summed E-state index contributed by atoms with van der Waals surface area (Å²) >= 11 is 5.05. The number of aryl methyl sites for hydroxylation is 1. The van der Waals surface area contributed by atoms with E-state index in [-0.39, 0.29) is 18.4 Å². The zero-order chi connectivity index (χ0) is 26.8. The molecule has 0 aliphatic carbocycles. The van der Waals surface area contributed by atoms with E-state index in [1.165, 1.54) is 11.8 Å². The summed E-state index contributed by atoms with van der Waals surface area (Å²) in [6, 6.07) is 13.5. The predicted octanol–water partition coefficient (Wildman–Crippen LogP) is 5.32.